The highest BCUT2D eigenvalue weighted by molar-refractivity contribution is 5.69. The molecule has 0 saturated heterocycles. The van der Waals surface area contributed by atoms with Crippen LogP contribution in [0.25, 0.3) is 0 Å². The van der Waals surface area contributed by atoms with Crippen LogP contribution in [-0.4, -0.2) is 17.2 Å². The van der Waals surface area contributed by atoms with Gasteiger partial charge in [0.2, 0.25) is 0 Å². The minimum absolute atomic E-state index is 0.0995. The highest BCUT2D eigenvalue weighted by Gasteiger charge is 2.41. The molecule has 0 amide bonds. The van der Waals surface area contributed by atoms with Crippen LogP contribution >= 0.6 is 0 Å². The molecule has 0 saturated carbocycles. The molecule has 1 N–H and O–H groups in total. The van der Waals surface area contributed by atoms with Crippen LogP contribution in [0, 0.1) is 0 Å². The Morgan fingerprint density at radius 2 is 1.50 bits per heavy atom. The minimum atomic E-state index is -0.167. The summed E-state index contributed by atoms with van der Waals surface area (Å²) >= 11 is 0. The summed E-state index contributed by atoms with van der Waals surface area (Å²) in [5.41, 5.74) is 1.03. The molecule has 1 rings (SSSR count). The summed E-state index contributed by atoms with van der Waals surface area (Å²) in [6.07, 6.45) is 9.84. The van der Waals surface area contributed by atoms with Crippen molar-refractivity contribution in [2.45, 2.75) is 103 Å². The number of unbranched alkanes of at least 4 members (excludes halogenated alkanes) is 3. The van der Waals surface area contributed by atoms with Gasteiger partial charge < -0.3 is 9.84 Å². The highest BCUT2D eigenvalue weighted by atomic mass is 16.5. The molecular weight excluding hydrogens is 324 g/mol. The Bertz CT molecular complexity index is 499. The summed E-state index contributed by atoms with van der Waals surface area (Å²) < 4.78 is 6.04. The second-order valence-electron chi connectivity index (χ2n) is 7.38. The number of esters is 1. The summed E-state index contributed by atoms with van der Waals surface area (Å²) in [4.78, 5) is 12.2. The number of phenols is 1. The van der Waals surface area contributed by atoms with E-state index in [9.17, 15) is 9.90 Å². The van der Waals surface area contributed by atoms with Crippen molar-refractivity contribution in [1.82, 2.24) is 0 Å². The van der Waals surface area contributed by atoms with Crippen LogP contribution < -0.4 is 0 Å². The number of aromatic hydroxyl groups is 1. The van der Waals surface area contributed by atoms with Crippen molar-refractivity contribution >= 4 is 5.97 Å². The molecule has 1 aromatic rings. The van der Waals surface area contributed by atoms with Gasteiger partial charge in [0, 0.05) is 11.8 Å². The van der Waals surface area contributed by atoms with Crippen LogP contribution in [-0.2, 0) is 14.9 Å². The molecule has 0 aliphatic rings. The molecule has 148 valence electrons. The van der Waals surface area contributed by atoms with E-state index in [2.05, 4.69) is 20.8 Å². The molecule has 26 heavy (non-hydrogen) atoms. The molecule has 0 heterocycles. The average molecular weight is 363 g/mol. The van der Waals surface area contributed by atoms with Gasteiger partial charge in [-0.15, -0.1) is 0 Å². The van der Waals surface area contributed by atoms with E-state index in [1.165, 1.54) is 5.56 Å². The van der Waals surface area contributed by atoms with E-state index in [0.29, 0.717) is 6.42 Å². The van der Waals surface area contributed by atoms with Crippen LogP contribution in [0.1, 0.15) is 97.5 Å². The second kappa shape index (κ2) is 12.0. The van der Waals surface area contributed by atoms with E-state index in [4.69, 9.17) is 4.74 Å². The molecule has 0 radical (unpaired) electrons. The minimum Gasteiger partial charge on any atom is -0.508 e. The molecule has 0 fully saturated rings. The largest absolute Gasteiger partial charge is 0.508 e. The van der Waals surface area contributed by atoms with E-state index in [1.54, 1.807) is 12.1 Å². The van der Waals surface area contributed by atoms with Crippen molar-refractivity contribution in [3.8, 4) is 5.75 Å². The molecule has 0 aromatic heterocycles. The number of carbonyl (C=O) groups is 1. The molecule has 0 aliphatic heterocycles. The molecule has 0 aliphatic carbocycles. The van der Waals surface area contributed by atoms with Gasteiger partial charge in [-0.1, -0.05) is 78.4 Å². The van der Waals surface area contributed by atoms with Gasteiger partial charge in [-0.2, -0.15) is 0 Å². The maximum atomic E-state index is 12.2. The summed E-state index contributed by atoms with van der Waals surface area (Å²) in [7, 11) is 0. The summed E-state index contributed by atoms with van der Waals surface area (Å²) in [5.74, 6) is 0.173. The Morgan fingerprint density at radius 3 is 1.96 bits per heavy atom. The molecule has 1 aromatic carbocycles. The third-order valence-corrected chi connectivity index (χ3v) is 5.39. The second-order valence-corrected chi connectivity index (χ2v) is 7.38. The molecule has 3 heteroatoms. The van der Waals surface area contributed by atoms with Crippen molar-refractivity contribution in [3.63, 3.8) is 0 Å². The summed E-state index contributed by atoms with van der Waals surface area (Å²) in [6.45, 7) is 8.46. The van der Waals surface area contributed by atoms with Crippen molar-refractivity contribution in [2.75, 3.05) is 0 Å². The number of benzene rings is 1. The normalized spacial score (nSPS) is 12.8. The monoisotopic (exact) mass is 362 g/mol. The van der Waals surface area contributed by atoms with E-state index in [0.717, 1.165) is 57.8 Å². The lowest BCUT2D eigenvalue weighted by atomic mass is 9.67. The van der Waals surface area contributed by atoms with Gasteiger partial charge in [0.05, 0.1) is 0 Å². The number of carbonyl (C=O) groups excluding carboxylic acids is 1. The number of rotatable bonds is 13. The first-order valence-electron chi connectivity index (χ1n) is 10.5. The van der Waals surface area contributed by atoms with Crippen LogP contribution in [0.4, 0.5) is 0 Å². The van der Waals surface area contributed by atoms with Crippen molar-refractivity contribution < 1.29 is 14.6 Å². The highest BCUT2D eigenvalue weighted by Crippen LogP contribution is 2.42. The first kappa shape index (κ1) is 22.5. The van der Waals surface area contributed by atoms with Crippen LogP contribution in [0.15, 0.2) is 24.3 Å². The topological polar surface area (TPSA) is 46.5 Å². The van der Waals surface area contributed by atoms with Crippen molar-refractivity contribution in [2.24, 2.45) is 0 Å². The Kier molecular flexibility index (Phi) is 10.4. The van der Waals surface area contributed by atoms with Crippen molar-refractivity contribution in [1.29, 1.82) is 0 Å². The fourth-order valence-electron chi connectivity index (χ4n) is 3.78. The molecular formula is C23H38O3. The lowest BCUT2D eigenvalue weighted by Gasteiger charge is -2.41. The fourth-order valence-corrected chi connectivity index (χ4v) is 3.78. The maximum absolute atomic E-state index is 12.2. The Balaban J connectivity index is 3.36. The first-order chi connectivity index (χ1) is 12.5. The van der Waals surface area contributed by atoms with Gasteiger partial charge in [-0.25, -0.2) is 0 Å². The van der Waals surface area contributed by atoms with E-state index in [1.807, 2.05) is 19.1 Å². The lowest BCUT2D eigenvalue weighted by Crippen LogP contribution is -2.43. The number of ether oxygens (including phenoxy) is 1. The number of phenolic OH excluding ortho intramolecular Hbond substituents is 1. The third kappa shape index (κ3) is 6.34. The fraction of sp³-hybridized carbons (Fsp3) is 0.696. The predicted molar refractivity (Wildman–Crippen MR) is 109 cm³/mol. The standard InChI is InChI=1S/C23H38O3/c1-5-9-12-21(26-22(25)8-4)23(17-10-6-2,18-11-7-3)19-13-15-20(24)16-14-19/h13-16,21,24H,5-12,17-18H2,1-4H3. The Hall–Kier alpha value is -1.51. The van der Waals surface area contributed by atoms with Gasteiger partial charge in [0.1, 0.15) is 11.9 Å². The number of hydrogen-bond donors (Lipinski definition) is 1. The Morgan fingerprint density at radius 1 is 0.962 bits per heavy atom. The molecule has 1 atom stereocenters. The molecule has 0 spiro atoms. The van der Waals surface area contributed by atoms with Gasteiger partial charge in [0.25, 0.3) is 0 Å². The van der Waals surface area contributed by atoms with Gasteiger partial charge >= 0.3 is 5.97 Å². The van der Waals surface area contributed by atoms with E-state index < -0.39 is 0 Å². The van der Waals surface area contributed by atoms with Gasteiger partial charge in [-0.3, -0.25) is 4.79 Å². The smallest absolute Gasteiger partial charge is 0.305 e. The van der Waals surface area contributed by atoms with Crippen LogP contribution in [0.3, 0.4) is 0 Å². The number of hydrogen-bond acceptors (Lipinski definition) is 3. The first-order valence-corrected chi connectivity index (χ1v) is 10.5. The summed E-state index contributed by atoms with van der Waals surface area (Å²) in [6, 6.07) is 7.58. The zero-order valence-electron chi connectivity index (χ0n) is 17.2. The summed E-state index contributed by atoms with van der Waals surface area (Å²) in [5, 5.41) is 9.75. The third-order valence-electron chi connectivity index (χ3n) is 5.39. The van der Waals surface area contributed by atoms with Crippen molar-refractivity contribution in [3.05, 3.63) is 29.8 Å². The van der Waals surface area contributed by atoms with Gasteiger partial charge in [-0.05, 0) is 37.0 Å². The SMILES string of the molecule is CCCCC(OC(=O)CC)C(CCCC)(CCCC)c1ccc(O)cc1. The molecule has 1 unspecified atom stereocenters. The predicted octanol–water partition coefficient (Wildman–Crippen LogP) is 6.52. The van der Waals surface area contributed by atoms with Gasteiger partial charge in [0.15, 0.2) is 0 Å². The Labute approximate surface area is 160 Å². The molecule has 3 nitrogen and oxygen atoms in total. The van der Waals surface area contributed by atoms with Crippen LogP contribution in [0.5, 0.6) is 5.75 Å². The zero-order valence-corrected chi connectivity index (χ0v) is 17.2. The zero-order chi connectivity index (χ0) is 19.4. The van der Waals surface area contributed by atoms with E-state index >= 15 is 0 Å². The van der Waals surface area contributed by atoms with E-state index in [-0.39, 0.29) is 23.2 Å². The average Bonchev–Trinajstić information content (AvgIpc) is 2.66. The lowest BCUT2D eigenvalue weighted by molar-refractivity contribution is -0.154. The maximum Gasteiger partial charge on any atom is 0.305 e. The quantitative estimate of drug-likeness (QED) is 0.406. The molecule has 0 bridgehead atoms. The van der Waals surface area contributed by atoms with Crippen LogP contribution in [0.2, 0.25) is 0 Å².